The van der Waals surface area contributed by atoms with Crippen LogP contribution in [0.2, 0.25) is 0 Å². The number of hydrogen-bond donors (Lipinski definition) is 0. The van der Waals surface area contributed by atoms with Gasteiger partial charge < -0.3 is 0 Å². The molecule has 0 aliphatic heterocycles. The molecule has 0 nitrogen and oxygen atoms in total. The second kappa shape index (κ2) is 20.5. The summed E-state index contributed by atoms with van der Waals surface area (Å²) < 4.78 is 0. The SMILES string of the molecule is CC=CCCCCCCCCCCCCCCCCC=CC. The van der Waals surface area contributed by atoms with Gasteiger partial charge in [0.2, 0.25) is 0 Å². The largest absolute Gasteiger partial charge is 0.0917 e. The smallest absolute Gasteiger partial charge is 0.0351 e. The number of allylic oxidation sites excluding steroid dienone is 4. The summed E-state index contributed by atoms with van der Waals surface area (Å²) in [7, 11) is 0. The molecule has 0 heteroatoms. The Bertz CT molecular complexity index is 210. The minimum atomic E-state index is 1.28. The van der Waals surface area contributed by atoms with Crippen LogP contribution in [-0.4, -0.2) is 0 Å². The number of hydrogen-bond acceptors (Lipinski definition) is 0. The Morgan fingerprint density at radius 2 is 0.591 bits per heavy atom. The lowest BCUT2D eigenvalue weighted by atomic mass is 10.0. The topological polar surface area (TPSA) is 0 Å². The van der Waals surface area contributed by atoms with Crippen molar-refractivity contribution in [3.05, 3.63) is 24.3 Å². The minimum Gasteiger partial charge on any atom is -0.0917 e. The van der Waals surface area contributed by atoms with Crippen molar-refractivity contribution in [2.45, 2.75) is 117 Å². The van der Waals surface area contributed by atoms with Gasteiger partial charge in [0.1, 0.15) is 0 Å². The molecule has 0 heterocycles. The van der Waals surface area contributed by atoms with E-state index in [4.69, 9.17) is 0 Å². The van der Waals surface area contributed by atoms with E-state index in [1.165, 1.54) is 103 Å². The van der Waals surface area contributed by atoms with Gasteiger partial charge in [-0.05, 0) is 39.5 Å². The van der Waals surface area contributed by atoms with Crippen LogP contribution in [0.25, 0.3) is 0 Å². The summed E-state index contributed by atoms with van der Waals surface area (Å²) >= 11 is 0. The molecule has 0 aliphatic carbocycles. The molecule has 0 amide bonds. The molecular weight excluding hydrogens is 264 g/mol. The van der Waals surface area contributed by atoms with Crippen molar-refractivity contribution in [2.24, 2.45) is 0 Å². The third-order valence-electron chi connectivity index (χ3n) is 4.46. The van der Waals surface area contributed by atoms with E-state index in [9.17, 15) is 0 Å². The molecule has 0 aromatic carbocycles. The zero-order valence-electron chi connectivity index (χ0n) is 15.6. The fourth-order valence-corrected chi connectivity index (χ4v) is 2.98. The van der Waals surface area contributed by atoms with Crippen molar-refractivity contribution in [3.63, 3.8) is 0 Å². The van der Waals surface area contributed by atoms with Gasteiger partial charge in [0.05, 0.1) is 0 Å². The van der Waals surface area contributed by atoms with Crippen molar-refractivity contribution in [3.8, 4) is 0 Å². The first kappa shape index (κ1) is 21.5. The summed E-state index contributed by atoms with van der Waals surface area (Å²) in [6, 6.07) is 0. The van der Waals surface area contributed by atoms with E-state index in [0.29, 0.717) is 0 Å². The van der Waals surface area contributed by atoms with Crippen LogP contribution >= 0.6 is 0 Å². The molecule has 0 rings (SSSR count). The van der Waals surface area contributed by atoms with Crippen molar-refractivity contribution in [1.82, 2.24) is 0 Å². The molecule has 0 atom stereocenters. The standard InChI is InChI=1S/C22H42/c1-3-5-7-9-11-13-15-17-19-21-22-20-18-16-14-12-10-8-6-4-2/h3-6H,7-22H2,1-2H3. The van der Waals surface area contributed by atoms with Crippen LogP contribution < -0.4 is 0 Å². The van der Waals surface area contributed by atoms with Gasteiger partial charge in [-0.25, -0.2) is 0 Å². The average Bonchev–Trinajstić information content (AvgIpc) is 2.54. The van der Waals surface area contributed by atoms with Gasteiger partial charge in [-0.1, -0.05) is 101 Å². The van der Waals surface area contributed by atoms with E-state index >= 15 is 0 Å². The lowest BCUT2D eigenvalue weighted by Gasteiger charge is -2.03. The normalized spacial score (nSPS) is 11.9. The highest BCUT2D eigenvalue weighted by atomic mass is 14.0. The molecule has 0 aliphatic rings. The van der Waals surface area contributed by atoms with Crippen LogP contribution in [0.4, 0.5) is 0 Å². The highest BCUT2D eigenvalue weighted by molar-refractivity contribution is 4.76. The second-order valence-corrected chi connectivity index (χ2v) is 6.67. The Labute approximate surface area is 141 Å². The Kier molecular flexibility index (Phi) is 20.0. The predicted molar refractivity (Wildman–Crippen MR) is 104 cm³/mol. The van der Waals surface area contributed by atoms with Crippen LogP contribution in [0.15, 0.2) is 24.3 Å². The summed E-state index contributed by atoms with van der Waals surface area (Å²) in [6.45, 7) is 4.23. The van der Waals surface area contributed by atoms with Gasteiger partial charge in [0.15, 0.2) is 0 Å². The van der Waals surface area contributed by atoms with E-state index in [1.54, 1.807) is 0 Å². The Hall–Kier alpha value is -0.520. The Morgan fingerprint density at radius 3 is 0.818 bits per heavy atom. The molecule has 0 radical (unpaired) electrons. The van der Waals surface area contributed by atoms with Crippen LogP contribution in [0.1, 0.15) is 117 Å². The molecule has 0 saturated carbocycles. The Morgan fingerprint density at radius 1 is 0.364 bits per heavy atom. The van der Waals surface area contributed by atoms with Gasteiger partial charge in [0.25, 0.3) is 0 Å². The van der Waals surface area contributed by atoms with Crippen molar-refractivity contribution < 1.29 is 0 Å². The molecule has 0 aromatic heterocycles. The lowest BCUT2D eigenvalue weighted by molar-refractivity contribution is 0.534. The van der Waals surface area contributed by atoms with Crippen LogP contribution in [0, 0.1) is 0 Å². The van der Waals surface area contributed by atoms with Crippen LogP contribution in [0.5, 0.6) is 0 Å². The summed E-state index contributed by atoms with van der Waals surface area (Å²) in [5.41, 5.74) is 0. The first-order valence-electron chi connectivity index (χ1n) is 10.1. The first-order valence-corrected chi connectivity index (χ1v) is 10.1. The fourth-order valence-electron chi connectivity index (χ4n) is 2.98. The van der Waals surface area contributed by atoms with Gasteiger partial charge in [-0.2, -0.15) is 0 Å². The zero-order chi connectivity index (χ0) is 16.1. The van der Waals surface area contributed by atoms with Crippen molar-refractivity contribution in [2.75, 3.05) is 0 Å². The quantitative estimate of drug-likeness (QED) is 0.187. The molecule has 0 N–H and O–H groups in total. The zero-order valence-corrected chi connectivity index (χ0v) is 15.6. The maximum absolute atomic E-state index is 2.29. The van der Waals surface area contributed by atoms with E-state index in [-0.39, 0.29) is 0 Å². The molecule has 130 valence electrons. The van der Waals surface area contributed by atoms with Crippen molar-refractivity contribution in [1.29, 1.82) is 0 Å². The maximum Gasteiger partial charge on any atom is -0.0351 e. The molecule has 0 spiro atoms. The third kappa shape index (κ3) is 19.5. The molecule has 0 saturated heterocycles. The van der Waals surface area contributed by atoms with Gasteiger partial charge in [-0.15, -0.1) is 0 Å². The van der Waals surface area contributed by atoms with Gasteiger partial charge in [0, 0.05) is 0 Å². The molecule has 0 bridgehead atoms. The lowest BCUT2D eigenvalue weighted by Crippen LogP contribution is -1.83. The summed E-state index contributed by atoms with van der Waals surface area (Å²) in [4.78, 5) is 0. The van der Waals surface area contributed by atoms with E-state index in [2.05, 4.69) is 38.2 Å². The Balaban J connectivity index is 2.97. The number of rotatable bonds is 17. The number of unbranched alkanes of at least 4 members (excludes halogenated alkanes) is 15. The molecule has 0 aromatic rings. The van der Waals surface area contributed by atoms with Crippen LogP contribution in [-0.2, 0) is 0 Å². The molecule has 0 fully saturated rings. The fraction of sp³-hybridized carbons (Fsp3) is 0.818. The monoisotopic (exact) mass is 306 g/mol. The highest BCUT2D eigenvalue weighted by Gasteiger charge is 1.94. The van der Waals surface area contributed by atoms with Crippen LogP contribution in [0.3, 0.4) is 0 Å². The third-order valence-corrected chi connectivity index (χ3v) is 4.46. The maximum atomic E-state index is 2.29. The van der Waals surface area contributed by atoms with E-state index < -0.39 is 0 Å². The van der Waals surface area contributed by atoms with E-state index in [1.807, 2.05) is 0 Å². The molecule has 22 heavy (non-hydrogen) atoms. The molecule has 0 unspecified atom stereocenters. The highest BCUT2D eigenvalue weighted by Crippen LogP contribution is 2.13. The van der Waals surface area contributed by atoms with E-state index in [0.717, 1.165) is 0 Å². The van der Waals surface area contributed by atoms with Crippen molar-refractivity contribution >= 4 is 0 Å². The summed E-state index contributed by atoms with van der Waals surface area (Å²) in [5, 5.41) is 0. The minimum absolute atomic E-state index is 1.28. The van der Waals surface area contributed by atoms with Gasteiger partial charge in [-0.3, -0.25) is 0 Å². The molecular formula is C22H42. The first-order chi connectivity index (χ1) is 10.9. The predicted octanol–water partition coefficient (Wildman–Crippen LogP) is 8.38. The second-order valence-electron chi connectivity index (χ2n) is 6.67. The average molecular weight is 307 g/mol. The summed E-state index contributed by atoms with van der Waals surface area (Å²) in [5.74, 6) is 0. The summed E-state index contributed by atoms with van der Waals surface area (Å²) in [6.07, 6.45) is 31.8. The van der Waals surface area contributed by atoms with Gasteiger partial charge >= 0.3 is 0 Å².